The van der Waals surface area contributed by atoms with Gasteiger partial charge in [0.25, 0.3) is 0 Å². The molecule has 1 unspecified atom stereocenters. The number of halogens is 2. The van der Waals surface area contributed by atoms with Gasteiger partial charge in [0.1, 0.15) is 12.4 Å². The Bertz CT molecular complexity index is 707. The smallest absolute Gasteiger partial charge is 0.121 e. The molecule has 0 saturated carbocycles. The average molecular weight is 381 g/mol. The molecule has 134 valence electrons. The van der Waals surface area contributed by atoms with Crippen molar-refractivity contribution in [3.05, 3.63) is 58.1 Å². The summed E-state index contributed by atoms with van der Waals surface area (Å²) in [7, 11) is 0. The second-order valence-corrected chi connectivity index (χ2v) is 7.08. The van der Waals surface area contributed by atoms with Crippen molar-refractivity contribution in [1.82, 2.24) is 5.32 Å². The largest absolute Gasteiger partial charge is 0.491 e. The summed E-state index contributed by atoms with van der Waals surface area (Å²) in [4.78, 5) is 2.31. The van der Waals surface area contributed by atoms with Crippen molar-refractivity contribution in [2.75, 3.05) is 31.1 Å². The van der Waals surface area contributed by atoms with Crippen molar-refractivity contribution in [1.29, 1.82) is 0 Å². The molecule has 1 aliphatic rings. The van der Waals surface area contributed by atoms with Crippen LogP contribution in [0.15, 0.2) is 42.5 Å². The van der Waals surface area contributed by atoms with Gasteiger partial charge in [0.05, 0.1) is 22.9 Å². The van der Waals surface area contributed by atoms with Gasteiger partial charge in [-0.1, -0.05) is 35.3 Å². The summed E-state index contributed by atoms with van der Waals surface area (Å²) in [5.41, 5.74) is 2.18. The van der Waals surface area contributed by atoms with Gasteiger partial charge >= 0.3 is 0 Å². The maximum atomic E-state index is 9.34. The molecule has 25 heavy (non-hydrogen) atoms. The predicted octanol–water partition coefficient (Wildman–Crippen LogP) is 3.90. The SMILES string of the molecule is CC(O)COc1ccc(N2CCNC[C@H]2c2ccc(Cl)cc2)c(Cl)c1. The van der Waals surface area contributed by atoms with E-state index in [0.29, 0.717) is 10.8 Å². The molecule has 2 atom stereocenters. The highest BCUT2D eigenvalue weighted by molar-refractivity contribution is 6.33. The van der Waals surface area contributed by atoms with Gasteiger partial charge in [-0.15, -0.1) is 0 Å². The summed E-state index contributed by atoms with van der Waals surface area (Å²) >= 11 is 12.5. The fourth-order valence-corrected chi connectivity index (χ4v) is 3.41. The standard InChI is InChI=1S/C19H22Cl2N2O2/c1-13(24)12-25-16-6-7-18(17(21)10-16)23-9-8-22-11-19(23)14-2-4-15(20)5-3-14/h2-7,10,13,19,22,24H,8-9,11-12H2,1H3/t13?,19-/m0/s1. The second-order valence-electron chi connectivity index (χ2n) is 6.24. The minimum Gasteiger partial charge on any atom is -0.491 e. The van der Waals surface area contributed by atoms with Crippen molar-refractivity contribution in [2.24, 2.45) is 0 Å². The molecule has 4 nitrogen and oxygen atoms in total. The maximum Gasteiger partial charge on any atom is 0.121 e. The first-order valence-corrected chi connectivity index (χ1v) is 9.13. The fourth-order valence-electron chi connectivity index (χ4n) is 3.00. The van der Waals surface area contributed by atoms with Crippen LogP contribution in [0.1, 0.15) is 18.5 Å². The lowest BCUT2D eigenvalue weighted by atomic mass is 10.0. The van der Waals surface area contributed by atoms with Gasteiger partial charge in [0, 0.05) is 30.7 Å². The minimum absolute atomic E-state index is 0.188. The summed E-state index contributed by atoms with van der Waals surface area (Å²) in [5.74, 6) is 0.660. The molecule has 1 heterocycles. The van der Waals surface area contributed by atoms with Crippen molar-refractivity contribution < 1.29 is 9.84 Å². The van der Waals surface area contributed by atoms with E-state index in [9.17, 15) is 5.11 Å². The molecule has 0 aromatic heterocycles. The Balaban J connectivity index is 1.83. The van der Waals surface area contributed by atoms with Crippen LogP contribution in [0, 0.1) is 0 Å². The molecule has 1 fully saturated rings. The number of benzene rings is 2. The molecule has 0 aliphatic carbocycles. The van der Waals surface area contributed by atoms with Crippen molar-refractivity contribution in [2.45, 2.75) is 19.1 Å². The zero-order valence-corrected chi connectivity index (χ0v) is 15.6. The lowest BCUT2D eigenvalue weighted by molar-refractivity contribution is 0.123. The summed E-state index contributed by atoms with van der Waals surface area (Å²) in [5, 5.41) is 14.2. The number of hydrogen-bond acceptors (Lipinski definition) is 4. The van der Waals surface area contributed by atoms with Gasteiger partial charge in [0.2, 0.25) is 0 Å². The van der Waals surface area contributed by atoms with Gasteiger partial charge in [0.15, 0.2) is 0 Å². The van der Waals surface area contributed by atoms with Gasteiger partial charge in [-0.25, -0.2) is 0 Å². The molecule has 3 rings (SSSR count). The van der Waals surface area contributed by atoms with E-state index >= 15 is 0 Å². The predicted molar refractivity (Wildman–Crippen MR) is 103 cm³/mol. The molecular weight excluding hydrogens is 359 g/mol. The second kappa shape index (κ2) is 8.28. The molecule has 2 aromatic rings. The third-order valence-corrected chi connectivity index (χ3v) is 4.77. The van der Waals surface area contributed by atoms with Crippen LogP contribution >= 0.6 is 23.2 Å². The van der Waals surface area contributed by atoms with E-state index in [1.165, 1.54) is 5.56 Å². The first kappa shape index (κ1) is 18.3. The average Bonchev–Trinajstić information content (AvgIpc) is 2.61. The summed E-state index contributed by atoms with van der Waals surface area (Å²) in [6, 6.07) is 13.8. The number of hydrogen-bond donors (Lipinski definition) is 2. The Morgan fingerprint density at radius 3 is 2.68 bits per heavy atom. The number of piperazine rings is 1. The third kappa shape index (κ3) is 4.59. The molecular formula is C19H22Cl2N2O2. The summed E-state index contributed by atoms with van der Waals surface area (Å²) in [6.07, 6.45) is -0.513. The van der Waals surface area contributed by atoms with Crippen LogP contribution in [0.2, 0.25) is 10.0 Å². The number of ether oxygens (including phenoxy) is 1. The van der Waals surface area contributed by atoms with Crippen molar-refractivity contribution in [3.63, 3.8) is 0 Å². The van der Waals surface area contributed by atoms with Gasteiger partial charge < -0.3 is 20.1 Å². The number of nitrogens with one attached hydrogen (secondary N) is 1. The van der Waals surface area contributed by atoms with Gasteiger partial charge in [-0.3, -0.25) is 0 Å². The van der Waals surface area contributed by atoms with Crippen LogP contribution in [-0.2, 0) is 0 Å². The molecule has 0 spiro atoms. The topological polar surface area (TPSA) is 44.7 Å². The van der Waals surface area contributed by atoms with E-state index in [1.807, 2.05) is 24.3 Å². The molecule has 6 heteroatoms. The number of aliphatic hydroxyl groups is 1. The molecule has 0 radical (unpaired) electrons. The minimum atomic E-state index is -0.513. The first-order valence-electron chi connectivity index (χ1n) is 8.38. The lowest BCUT2D eigenvalue weighted by Crippen LogP contribution is -2.46. The fraction of sp³-hybridized carbons (Fsp3) is 0.368. The van der Waals surface area contributed by atoms with Crippen LogP contribution in [-0.4, -0.2) is 37.5 Å². The molecule has 1 saturated heterocycles. The third-order valence-electron chi connectivity index (χ3n) is 4.22. The van der Waals surface area contributed by atoms with Crippen LogP contribution in [0.3, 0.4) is 0 Å². The van der Waals surface area contributed by atoms with E-state index in [-0.39, 0.29) is 12.6 Å². The maximum absolute atomic E-state index is 9.34. The molecule has 1 aliphatic heterocycles. The highest BCUT2D eigenvalue weighted by Crippen LogP contribution is 2.36. The van der Waals surface area contributed by atoms with E-state index in [1.54, 1.807) is 13.0 Å². The zero-order valence-electron chi connectivity index (χ0n) is 14.1. The molecule has 0 bridgehead atoms. The van der Waals surface area contributed by atoms with Gasteiger partial charge in [-0.2, -0.15) is 0 Å². The Morgan fingerprint density at radius 2 is 2.00 bits per heavy atom. The normalized spacial score (nSPS) is 18.9. The monoisotopic (exact) mass is 380 g/mol. The van der Waals surface area contributed by atoms with Crippen LogP contribution in [0.4, 0.5) is 5.69 Å². The number of anilines is 1. The Kier molecular flexibility index (Phi) is 6.07. The number of aliphatic hydroxyl groups excluding tert-OH is 1. The van der Waals surface area contributed by atoms with Gasteiger partial charge in [-0.05, 0) is 36.8 Å². The Morgan fingerprint density at radius 1 is 1.24 bits per heavy atom. The lowest BCUT2D eigenvalue weighted by Gasteiger charge is -2.39. The van der Waals surface area contributed by atoms with Crippen LogP contribution in [0.5, 0.6) is 5.75 Å². The summed E-state index contributed by atoms with van der Waals surface area (Å²) in [6.45, 7) is 4.55. The molecule has 2 aromatic carbocycles. The quantitative estimate of drug-likeness (QED) is 0.825. The highest BCUT2D eigenvalue weighted by Gasteiger charge is 2.25. The summed E-state index contributed by atoms with van der Waals surface area (Å²) < 4.78 is 5.54. The molecule has 0 amide bonds. The van der Waals surface area contributed by atoms with Crippen LogP contribution < -0.4 is 15.0 Å². The Labute approximate surface area is 158 Å². The number of nitrogens with zero attached hydrogens (tertiary/aromatic N) is 1. The zero-order chi connectivity index (χ0) is 17.8. The number of rotatable bonds is 5. The van der Waals surface area contributed by atoms with Crippen molar-refractivity contribution in [3.8, 4) is 5.75 Å². The highest BCUT2D eigenvalue weighted by atomic mass is 35.5. The van der Waals surface area contributed by atoms with E-state index in [2.05, 4.69) is 22.3 Å². The first-order chi connectivity index (χ1) is 12.0. The van der Waals surface area contributed by atoms with E-state index < -0.39 is 6.10 Å². The Hall–Kier alpha value is -1.46. The molecule has 2 N–H and O–H groups in total. The van der Waals surface area contributed by atoms with Crippen molar-refractivity contribution >= 4 is 28.9 Å². The van der Waals surface area contributed by atoms with E-state index in [4.69, 9.17) is 27.9 Å². The van der Waals surface area contributed by atoms with Crippen LogP contribution in [0.25, 0.3) is 0 Å². The van der Waals surface area contributed by atoms with E-state index in [0.717, 1.165) is 30.3 Å².